The highest BCUT2D eigenvalue weighted by atomic mass is 35.5. The van der Waals surface area contributed by atoms with Crippen molar-refractivity contribution < 1.29 is 17.9 Å². The third kappa shape index (κ3) is 5.04. The van der Waals surface area contributed by atoms with E-state index >= 15 is 0 Å². The zero-order chi connectivity index (χ0) is 20.0. The summed E-state index contributed by atoms with van der Waals surface area (Å²) in [5.41, 5.74) is 0. The number of benzene rings is 2. The number of carbonyl (C=O) groups excluding carboxylic acids is 1. The van der Waals surface area contributed by atoms with Crippen LogP contribution >= 0.6 is 11.6 Å². The third-order valence-electron chi connectivity index (χ3n) is 4.63. The van der Waals surface area contributed by atoms with Crippen molar-refractivity contribution in [3.05, 3.63) is 59.6 Å². The van der Waals surface area contributed by atoms with Gasteiger partial charge in [0.25, 0.3) is 0 Å². The Labute approximate surface area is 170 Å². The lowest BCUT2D eigenvalue weighted by atomic mass is 9.99. The van der Waals surface area contributed by atoms with E-state index in [2.05, 4.69) is 5.32 Å². The maximum absolute atomic E-state index is 12.8. The van der Waals surface area contributed by atoms with Gasteiger partial charge in [0.2, 0.25) is 15.9 Å². The summed E-state index contributed by atoms with van der Waals surface area (Å²) in [5.74, 6) is 0.0412. The quantitative estimate of drug-likeness (QED) is 0.696. The van der Waals surface area contributed by atoms with E-state index in [0.29, 0.717) is 36.7 Å². The van der Waals surface area contributed by atoms with Crippen molar-refractivity contribution >= 4 is 27.5 Å². The molecule has 0 radical (unpaired) electrons. The van der Waals surface area contributed by atoms with Gasteiger partial charge in [0, 0.05) is 13.1 Å². The van der Waals surface area contributed by atoms with E-state index in [9.17, 15) is 13.2 Å². The Bertz CT molecular complexity index is 905. The van der Waals surface area contributed by atoms with Gasteiger partial charge in [-0.15, -0.1) is 0 Å². The minimum Gasteiger partial charge on any atom is -0.490 e. The molecule has 28 heavy (non-hydrogen) atoms. The normalized spacial score (nSPS) is 17.8. The average molecular weight is 423 g/mol. The molecule has 1 aliphatic heterocycles. The van der Waals surface area contributed by atoms with Crippen molar-refractivity contribution in [1.82, 2.24) is 9.62 Å². The van der Waals surface area contributed by atoms with E-state index in [1.807, 2.05) is 12.1 Å². The highest BCUT2D eigenvalue weighted by Gasteiger charge is 2.33. The Morgan fingerprint density at radius 2 is 1.86 bits per heavy atom. The Kier molecular flexibility index (Phi) is 6.93. The summed E-state index contributed by atoms with van der Waals surface area (Å²) in [6, 6.07) is 15.4. The van der Waals surface area contributed by atoms with Gasteiger partial charge in [0.15, 0.2) is 0 Å². The van der Waals surface area contributed by atoms with Gasteiger partial charge in [-0.25, -0.2) is 8.42 Å². The number of para-hydroxylation sites is 1. The number of carbonyl (C=O) groups is 1. The molecule has 1 amide bonds. The van der Waals surface area contributed by atoms with Crippen molar-refractivity contribution in [1.29, 1.82) is 0 Å². The Balaban J connectivity index is 1.51. The molecule has 0 aromatic heterocycles. The fourth-order valence-corrected chi connectivity index (χ4v) is 4.89. The first-order chi connectivity index (χ1) is 13.5. The summed E-state index contributed by atoms with van der Waals surface area (Å²) in [6.07, 6.45) is 1.32. The van der Waals surface area contributed by atoms with Gasteiger partial charge in [-0.2, -0.15) is 4.31 Å². The monoisotopic (exact) mass is 422 g/mol. The molecule has 8 heteroatoms. The van der Waals surface area contributed by atoms with Gasteiger partial charge in [-0.3, -0.25) is 4.79 Å². The van der Waals surface area contributed by atoms with E-state index in [4.69, 9.17) is 16.3 Å². The van der Waals surface area contributed by atoms with Gasteiger partial charge in [0.05, 0.1) is 22.4 Å². The number of hydrogen-bond donors (Lipinski definition) is 1. The summed E-state index contributed by atoms with van der Waals surface area (Å²) >= 11 is 6.02. The van der Waals surface area contributed by atoms with Crippen LogP contribution in [0.25, 0.3) is 0 Å². The van der Waals surface area contributed by atoms with Crippen LogP contribution in [0.2, 0.25) is 5.02 Å². The lowest BCUT2D eigenvalue weighted by Crippen LogP contribution is -2.45. The van der Waals surface area contributed by atoms with Gasteiger partial charge in [0.1, 0.15) is 12.4 Å². The van der Waals surface area contributed by atoms with Crippen LogP contribution in [0.1, 0.15) is 12.8 Å². The molecule has 3 rings (SSSR count). The number of nitrogens with zero attached hydrogens (tertiary/aromatic N) is 1. The van der Waals surface area contributed by atoms with Crippen molar-refractivity contribution in [3.63, 3.8) is 0 Å². The largest absolute Gasteiger partial charge is 0.490 e. The number of sulfonamides is 1. The molecule has 1 N–H and O–H groups in total. The van der Waals surface area contributed by atoms with Crippen LogP contribution in [-0.4, -0.2) is 44.9 Å². The zero-order valence-corrected chi connectivity index (χ0v) is 17.0. The molecule has 1 heterocycles. The van der Waals surface area contributed by atoms with Crippen molar-refractivity contribution in [3.8, 4) is 5.75 Å². The molecular weight excluding hydrogens is 400 g/mol. The Morgan fingerprint density at radius 3 is 2.61 bits per heavy atom. The number of halogens is 1. The smallest absolute Gasteiger partial charge is 0.243 e. The van der Waals surface area contributed by atoms with Gasteiger partial charge in [-0.1, -0.05) is 41.9 Å². The molecule has 2 aromatic carbocycles. The van der Waals surface area contributed by atoms with Crippen molar-refractivity contribution in [2.24, 2.45) is 5.92 Å². The molecule has 0 saturated carbocycles. The molecule has 6 nitrogen and oxygen atoms in total. The molecular formula is C20H23ClN2O4S. The first-order valence-electron chi connectivity index (χ1n) is 9.19. The summed E-state index contributed by atoms with van der Waals surface area (Å²) < 4.78 is 32.5. The van der Waals surface area contributed by atoms with Crippen molar-refractivity contribution in [2.45, 2.75) is 17.7 Å². The van der Waals surface area contributed by atoms with Crippen LogP contribution in [0.3, 0.4) is 0 Å². The van der Waals surface area contributed by atoms with Crippen LogP contribution in [-0.2, 0) is 14.8 Å². The second-order valence-corrected chi connectivity index (χ2v) is 8.93. The first kappa shape index (κ1) is 20.6. The SMILES string of the molecule is O=C(NCCOc1ccccc1Cl)[C@H]1CCCN(S(=O)(=O)c2ccccc2)C1. The summed E-state index contributed by atoms with van der Waals surface area (Å²) in [6.45, 7) is 1.23. The molecule has 0 unspecified atom stereocenters. The van der Waals surface area contributed by atoms with Crippen LogP contribution < -0.4 is 10.1 Å². The predicted molar refractivity (Wildman–Crippen MR) is 108 cm³/mol. The van der Waals surface area contributed by atoms with Gasteiger partial charge >= 0.3 is 0 Å². The number of amides is 1. The van der Waals surface area contributed by atoms with E-state index in [1.165, 1.54) is 4.31 Å². The summed E-state index contributed by atoms with van der Waals surface area (Å²) in [5, 5.41) is 3.34. The number of rotatable bonds is 7. The van der Waals surface area contributed by atoms with Crippen LogP contribution in [0, 0.1) is 5.92 Å². The zero-order valence-electron chi connectivity index (χ0n) is 15.4. The third-order valence-corrected chi connectivity index (χ3v) is 6.82. The first-order valence-corrected chi connectivity index (χ1v) is 11.0. The highest BCUT2D eigenvalue weighted by Crippen LogP contribution is 2.24. The second kappa shape index (κ2) is 9.41. The number of nitrogens with one attached hydrogen (secondary N) is 1. The minimum absolute atomic E-state index is 0.157. The van der Waals surface area contributed by atoms with Gasteiger partial charge < -0.3 is 10.1 Å². The molecule has 150 valence electrons. The average Bonchev–Trinajstić information content (AvgIpc) is 2.73. The fourth-order valence-electron chi connectivity index (χ4n) is 3.16. The highest BCUT2D eigenvalue weighted by molar-refractivity contribution is 7.89. The molecule has 1 saturated heterocycles. The number of ether oxygens (including phenoxy) is 1. The summed E-state index contributed by atoms with van der Waals surface area (Å²) in [7, 11) is -3.58. The maximum atomic E-state index is 12.8. The van der Waals surface area contributed by atoms with Crippen molar-refractivity contribution in [2.75, 3.05) is 26.2 Å². The van der Waals surface area contributed by atoms with Crippen LogP contribution in [0.5, 0.6) is 5.75 Å². The van der Waals surface area contributed by atoms with Crippen LogP contribution in [0.4, 0.5) is 0 Å². The molecule has 0 aliphatic carbocycles. The molecule has 2 aromatic rings. The van der Waals surface area contributed by atoms with E-state index < -0.39 is 10.0 Å². The predicted octanol–water partition coefficient (Wildman–Crippen LogP) is 2.94. The standard InChI is InChI=1S/C20H23ClN2O4S/c21-18-10-4-5-11-19(18)27-14-12-22-20(24)16-7-6-13-23(15-16)28(25,26)17-8-2-1-3-9-17/h1-5,8-11,16H,6-7,12-15H2,(H,22,24)/t16-/m0/s1. The minimum atomic E-state index is -3.58. The molecule has 0 spiro atoms. The van der Waals surface area contributed by atoms with Crippen LogP contribution in [0.15, 0.2) is 59.5 Å². The molecule has 1 fully saturated rings. The number of piperidine rings is 1. The van der Waals surface area contributed by atoms with E-state index in [-0.39, 0.29) is 29.9 Å². The Morgan fingerprint density at radius 1 is 1.14 bits per heavy atom. The van der Waals surface area contributed by atoms with Gasteiger partial charge in [-0.05, 0) is 37.1 Å². The number of hydrogen-bond acceptors (Lipinski definition) is 4. The Hall–Kier alpha value is -2.09. The maximum Gasteiger partial charge on any atom is 0.243 e. The summed E-state index contributed by atoms with van der Waals surface area (Å²) in [4.78, 5) is 12.7. The van der Waals surface area contributed by atoms with E-state index in [0.717, 1.165) is 0 Å². The molecule has 0 bridgehead atoms. The van der Waals surface area contributed by atoms with E-state index in [1.54, 1.807) is 42.5 Å². The lowest BCUT2D eigenvalue weighted by molar-refractivity contribution is -0.126. The lowest BCUT2D eigenvalue weighted by Gasteiger charge is -2.31. The molecule has 1 aliphatic rings. The fraction of sp³-hybridized carbons (Fsp3) is 0.350. The molecule has 1 atom stereocenters. The second-order valence-electron chi connectivity index (χ2n) is 6.59. The topological polar surface area (TPSA) is 75.7 Å².